The lowest BCUT2D eigenvalue weighted by Crippen LogP contribution is -2.18. The molecule has 0 unspecified atom stereocenters. The highest BCUT2D eigenvalue weighted by Crippen LogP contribution is 2.26. The van der Waals surface area contributed by atoms with Crippen LogP contribution in [0.15, 0.2) is 53.4 Å². The number of hydrogen-bond acceptors (Lipinski definition) is 3. The van der Waals surface area contributed by atoms with Crippen LogP contribution in [0.5, 0.6) is 0 Å². The number of nitrogens with one attached hydrogen (secondary N) is 1. The van der Waals surface area contributed by atoms with Crippen LogP contribution in [0, 0.1) is 0 Å². The summed E-state index contributed by atoms with van der Waals surface area (Å²) >= 11 is 5.99. The van der Waals surface area contributed by atoms with Crippen molar-refractivity contribution in [2.24, 2.45) is 0 Å². The molecular formula is C16H14ClF2NO3S. The van der Waals surface area contributed by atoms with Gasteiger partial charge in [0.2, 0.25) is 15.7 Å². The molecule has 128 valence electrons. The van der Waals surface area contributed by atoms with Crippen LogP contribution in [0.3, 0.4) is 0 Å². The molecule has 0 aromatic heterocycles. The zero-order valence-electron chi connectivity index (χ0n) is 12.4. The van der Waals surface area contributed by atoms with Crippen molar-refractivity contribution in [2.45, 2.75) is 23.5 Å². The van der Waals surface area contributed by atoms with Crippen molar-refractivity contribution in [1.29, 1.82) is 0 Å². The van der Waals surface area contributed by atoms with Crippen LogP contribution in [-0.4, -0.2) is 20.1 Å². The van der Waals surface area contributed by atoms with Crippen molar-refractivity contribution < 1.29 is 22.0 Å². The summed E-state index contributed by atoms with van der Waals surface area (Å²) in [5.41, 5.74) is 0.602. The minimum atomic E-state index is -4.80. The Hall–Kier alpha value is -1.99. The van der Waals surface area contributed by atoms with E-state index >= 15 is 0 Å². The number of benzene rings is 2. The normalized spacial score (nSPS) is 11.5. The molecule has 2 rings (SSSR count). The summed E-state index contributed by atoms with van der Waals surface area (Å²) in [6.07, 6.45) is 0.377. The molecule has 0 saturated heterocycles. The van der Waals surface area contributed by atoms with Crippen LogP contribution in [0.1, 0.15) is 12.0 Å². The first-order valence-electron chi connectivity index (χ1n) is 6.96. The lowest BCUT2D eigenvalue weighted by molar-refractivity contribution is -0.116. The van der Waals surface area contributed by atoms with E-state index in [1.807, 2.05) is 0 Å². The number of rotatable bonds is 6. The van der Waals surface area contributed by atoms with E-state index in [0.29, 0.717) is 11.4 Å². The number of halogens is 3. The Labute approximate surface area is 143 Å². The number of amides is 1. The molecule has 0 atom stereocenters. The lowest BCUT2D eigenvalue weighted by atomic mass is 10.1. The third-order valence-electron chi connectivity index (χ3n) is 3.28. The van der Waals surface area contributed by atoms with Crippen molar-refractivity contribution >= 4 is 33.0 Å². The minimum absolute atomic E-state index is 0.0345. The molecule has 0 aliphatic rings. The topological polar surface area (TPSA) is 63.2 Å². The first kappa shape index (κ1) is 18.4. The molecule has 2 aromatic carbocycles. The van der Waals surface area contributed by atoms with E-state index in [1.165, 1.54) is 18.2 Å². The number of carbonyl (C=O) groups is 1. The van der Waals surface area contributed by atoms with E-state index in [2.05, 4.69) is 5.32 Å². The number of para-hydroxylation sites is 1. The molecule has 0 spiro atoms. The van der Waals surface area contributed by atoms with Crippen LogP contribution in [0.4, 0.5) is 14.5 Å². The van der Waals surface area contributed by atoms with Gasteiger partial charge in [0, 0.05) is 11.4 Å². The summed E-state index contributed by atoms with van der Waals surface area (Å²) in [6.45, 7) is 0. The molecule has 0 aliphatic heterocycles. The molecule has 24 heavy (non-hydrogen) atoms. The number of aryl methyl sites for hydroxylation is 1. The molecule has 8 heteroatoms. The Balaban J connectivity index is 2.12. The quantitative estimate of drug-likeness (QED) is 0.835. The monoisotopic (exact) mass is 373 g/mol. The lowest BCUT2D eigenvalue weighted by Gasteiger charge is -2.11. The molecule has 0 saturated carbocycles. The maximum atomic E-state index is 12.7. The summed E-state index contributed by atoms with van der Waals surface area (Å²) in [4.78, 5) is 11.4. The van der Waals surface area contributed by atoms with Crippen molar-refractivity contribution in [3.05, 3.63) is 59.1 Å². The molecule has 0 aliphatic carbocycles. The zero-order chi connectivity index (χ0) is 17.7. The van der Waals surface area contributed by atoms with Gasteiger partial charge < -0.3 is 5.32 Å². The summed E-state index contributed by atoms with van der Waals surface area (Å²) in [5.74, 6) is -4.05. The van der Waals surface area contributed by atoms with Gasteiger partial charge >= 0.3 is 5.76 Å². The molecule has 1 N–H and O–H groups in total. The van der Waals surface area contributed by atoms with Crippen LogP contribution in [-0.2, 0) is 21.1 Å². The predicted octanol–water partition coefficient (Wildman–Crippen LogP) is 3.91. The van der Waals surface area contributed by atoms with Gasteiger partial charge in [-0.1, -0.05) is 41.9 Å². The third-order valence-corrected chi connectivity index (χ3v) is 5.09. The van der Waals surface area contributed by atoms with Crippen LogP contribution in [0.25, 0.3) is 0 Å². The Kier molecular flexibility index (Phi) is 5.90. The van der Waals surface area contributed by atoms with Crippen molar-refractivity contribution in [2.75, 3.05) is 5.32 Å². The van der Waals surface area contributed by atoms with Crippen molar-refractivity contribution in [3.63, 3.8) is 0 Å². The number of hydrogen-bond donors (Lipinski definition) is 1. The van der Waals surface area contributed by atoms with Crippen LogP contribution >= 0.6 is 11.6 Å². The Morgan fingerprint density at radius 2 is 1.71 bits per heavy atom. The van der Waals surface area contributed by atoms with Gasteiger partial charge in [-0.05, 0) is 30.2 Å². The van der Waals surface area contributed by atoms with E-state index in [0.717, 1.165) is 11.6 Å². The molecule has 0 heterocycles. The maximum absolute atomic E-state index is 12.7. The van der Waals surface area contributed by atoms with Gasteiger partial charge in [0.05, 0.1) is 10.6 Å². The van der Waals surface area contributed by atoms with E-state index in [4.69, 9.17) is 11.6 Å². The summed E-state index contributed by atoms with van der Waals surface area (Å²) in [5, 5.41) is 2.89. The third kappa shape index (κ3) is 4.30. The van der Waals surface area contributed by atoms with Gasteiger partial charge in [0.25, 0.3) is 0 Å². The first-order chi connectivity index (χ1) is 11.3. The molecule has 4 nitrogen and oxygen atoms in total. The Morgan fingerprint density at radius 1 is 1.08 bits per heavy atom. The van der Waals surface area contributed by atoms with Crippen LogP contribution in [0.2, 0.25) is 5.02 Å². The number of sulfone groups is 1. The minimum Gasteiger partial charge on any atom is -0.325 e. The number of anilines is 1. The molecule has 2 aromatic rings. The molecular weight excluding hydrogens is 360 g/mol. The van der Waals surface area contributed by atoms with Gasteiger partial charge in [-0.3, -0.25) is 4.79 Å². The second-order valence-corrected chi connectivity index (χ2v) is 7.23. The first-order valence-corrected chi connectivity index (χ1v) is 8.89. The molecule has 1 amide bonds. The smallest absolute Gasteiger partial charge is 0.325 e. The van der Waals surface area contributed by atoms with Gasteiger partial charge in [0.1, 0.15) is 0 Å². The molecule has 0 radical (unpaired) electrons. The Bertz CT molecular complexity index is 841. The highest BCUT2D eigenvalue weighted by atomic mass is 35.5. The standard InChI is InChI=1S/C16H14ClF2NO3S/c17-12-6-2-1-5-11(12)9-10-15(21)20-13-7-3-4-8-14(13)24(22,23)16(18)19/h1-8,16H,9-10H2,(H,20,21). The molecule has 0 fully saturated rings. The van der Waals surface area contributed by atoms with E-state index in [9.17, 15) is 22.0 Å². The zero-order valence-corrected chi connectivity index (χ0v) is 13.9. The predicted molar refractivity (Wildman–Crippen MR) is 88.0 cm³/mol. The van der Waals surface area contributed by atoms with E-state index < -0.39 is 26.4 Å². The van der Waals surface area contributed by atoms with Crippen molar-refractivity contribution in [3.8, 4) is 0 Å². The number of carbonyl (C=O) groups excluding carboxylic acids is 1. The second kappa shape index (κ2) is 7.72. The van der Waals surface area contributed by atoms with E-state index in [-0.39, 0.29) is 12.1 Å². The maximum Gasteiger partial charge on any atom is 0.341 e. The Morgan fingerprint density at radius 3 is 2.38 bits per heavy atom. The second-order valence-electron chi connectivity index (χ2n) is 4.94. The fourth-order valence-corrected chi connectivity index (χ4v) is 3.19. The van der Waals surface area contributed by atoms with Gasteiger partial charge in [-0.2, -0.15) is 8.78 Å². The fourth-order valence-electron chi connectivity index (χ4n) is 2.08. The van der Waals surface area contributed by atoms with Gasteiger partial charge in [-0.15, -0.1) is 0 Å². The highest BCUT2D eigenvalue weighted by molar-refractivity contribution is 7.91. The SMILES string of the molecule is O=C(CCc1ccccc1Cl)Nc1ccccc1S(=O)(=O)C(F)F. The number of alkyl halides is 2. The highest BCUT2D eigenvalue weighted by Gasteiger charge is 2.29. The summed E-state index contributed by atoms with van der Waals surface area (Å²) in [7, 11) is -4.80. The molecule has 0 bridgehead atoms. The largest absolute Gasteiger partial charge is 0.341 e. The fraction of sp³-hybridized carbons (Fsp3) is 0.188. The van der Waals surface area contributed by atoms with Gasteiger partial charge in [-0.25, -0.2) is 8.42 Å². The van der Waals surface area contributed by atoms with Gasteiger partial charge in [0.15, 0.2) is 0 Å². The van der Waals surface area contributed by atoms with E-state index in [1.54, 1.807) is 24.3 Å². The average molecular weight is 374 g/mol. The average Bonchev–Trinajstić information content (AvgIpc) is 2.54. The summed E-state index contributed by atoms with van der Waals surface area (Å²) in [6, 6.07) is 12.1. The van der Waals surface area contributed by atoms with Crippen molar-refractivity contribution in [1.82, 2.24) is 0 Å². The summed E-state index contributed by atoms with van der Waals surface area (Å²) < 4.78 is 48.7. The van der Waals surface area contributed by atoms with Crippen LogP contribution < -0.4 is 5.32 Å².